The van der Waals surface area contributed by atoms with Crippen LogP contribution in [0.1, 0.15) is 47.2 Å². The van der Waals surface area contributed by atoms with E-state index in [-0.39, 0.29) is 35.4 Å². The van der Waals surface area contributed by atoms with Gasteiger partial charge in [0.1, 0.15) is 17.5 Å². The Hall–Kier alpha value is -3.50. The van der Waals surface area contributed by atoms with E-state index in [0.717, 1.165) is 41.3 Å². The molecule has 1 fully saturated rings. The van der Waals surface area contributed by atoms with Crippen LogP contribution in [-0.4, -0.2) is 54.0 Å². The molecule has 0 aromatic heterocycles. The predicted octanol–water partition coefficient (Wildman–Crippen LogP) is 4.29. The molecule has 8 nitrogen and oxygen atoms in total. The Labute approximate surface area is 242 Å². The number of rotatable bonds is 9. The minimum absolute atomic E-state index is 0.0328. The summed E-state index contributed by atoms with van der Waals surface area (Å²) in [5, 5.41) is 3.12. The smallest absolute Gasteiger partial charge is 0.269 e. The molecule has 0 radical (unpaired) electrons. The first-order valence-corrected chi connectivity index (χ1v) is 15.5. The molecule has 1 aliphatic heterocycles. The number of amides is 3. The monoisotopic (exact) mass is 623 g/mol. The first-order chi connectivity index (χ1) is 19.2. The maximum Gasteiger partial charge on any atom is 0.269 e. The average Bonchev–Trinajstić information content (AvgIpc) is 3.53. The summed E-state index contributed by atoms with van der Waals surface area (Å²) in [5.41, 5.74) is 1.66. The van der Waals surface area contributed by atoms with Gasteiger partial charge < -0.3 is 10.2 Å². The number of carbonyl (C=O) groups is 3. The lowest BCUT2D eigenvalue weighted by atomic mass is 10.0. The minimum Gasteiger partial charge on any atom is -0.352 e. The van der Waals surface area contributed by atoms with Gasteiger partial charge in [0.25, 0.3) is 15.9 Å². The van der Waals surface area contributed by atoms with Crippen molar-refractivity contribution in [1.82, 2.24) is 14.5 Å². The second-order valence-corrected chi connectivity index (χ2v) is 12.9. The van der Waals surface area contributed by atoms with Crippen LogP contribution in [0.2, 0.25) is 0 Å². The minimum atomic E-state index is -4.20. The van der Waals surface area contributed by atoms with E-state index in [2.05, 4.69) is 21.2 Å². The van der Waals surface area contributed by atoms with Crippen molar-refractivity contribution < 1.29 is 22.8 Å². The maximum atomic E-state index is 14.0. The van der Waals surface area contributed by atoms with Crippen LogP contribution in [0.15, 0.2) is 88.2 Å². The highest BCUT2D eigenvalue weighted by Crippen LogP contribution is 2.30. The van der Waals surface area contributed by atoms with E-state index < -0.39 is 34.4 Å². The molecule has 1 unspecified atom stereocenters. The van der Waals surface area contributed by atoms with Gasteiger partial charge in [-0.05, 0) is 48.2 Å². The number of hydrogen-bond acceptors (Lipinski definition) is 5. The summed E-state index contributed by atoms with van der Waals surface area (Å²) in [6.45, 7) is -0.634. The molecule has 1 heterocycles. The summed E-state index contributed by atoms with van der Waals surface area (Å²) < 4.78 is 27.9. The van der Waals surface area contributed by atoms with Crippen LogP contribution in [0.4, 0.5) is 0 Å². The maximum absolute atomic E-state index is 14.0. The van der Waals surface area contributed by atoms with Crippen molar-refractivity contribution in [3.8, 4) is 0 Å². The van der Waals surface area contributed by atoms with Gasteiger partial charge in [-0.2, -0.15) is 0 Å². The molecule has 0 spiro atoms. The number of sulfonamides is 1. The number of hydrogen-bond donors (Lipinski definition) is 1. The number of carbonyl (C=O) groups excluding carboxylic acids is 3. The molecule has 40 heavy (non-hydrogen) atoms. The highest BCUT2D eigenvalue weighted by atomic mass is 79.9. The van der Waals surface area contributed by atoms with Crippen molar-refractivity contribution in [1.29, 1.82) is 0 Å². The van der Waals surface area contributed by atoms with Crippen molar-refractivity contribution in [3.05, 3.63) is 100 Å². The number of nitrogens with zero attached hydrogens (tertiary/aromatic N) is 2. The van der Waals surface area contributed by atoms with Crippen LogP contribution < -0.4 is 5.32 Å². The molecule has 0 saturated heterocycles. The van der Waals surface area contributed by atoms with Crippen LogP contribution >= 0.6 is 15.9 Å². The molecule has 208 valence electrons. The van der Waals surface area contributed by atoms with Crippen LogP contribution in [0.25, 0.3) is 0 Å². The molecule has 1 atom stereocenters. The SMILES string of the molecule is O=C(NC1CCCC1)C(Cc1ccccc1)N(Cc1ccc(Br)cc1)C(=O)CN1C(=O)c2ccccc2S1(=O)=O. The summed E-state index contributed by atoms with van der Waals surface area (Å²) in [4.78, 5) is 42.2. The fraction of sp³-hybridized carbons (Fsp3) is 0.300. The van der Waals surface area contributed by atoms with Gasteiger partial charge in [-0.3, -0.25) is 14.4 Å². The molecule has 1 N–H and O–H groups in total. The number of nitrogens with one attached hydrogen (secondary N) is 1. The zero-order valence-corrected chi connectivity index (χ0v) is 24.2. The zero-order valence-electron chi connectivity index (χ0n) is 21.8. The van der Waals surface area contributed by atoms with E-state index in [1.807, 2.05) is 54.6 Å². The van der Waals surface area contributed by atoms with E-state index in [0.29, 0.717) is 4.31 Å². The summed E-state index contributed by atoms with van der Waals surface area (Å²) >= 11 is 3.42. The second kappa shape index (κ2) is 11.9. The quantitative estimate of drug-likeness (QED) is 0.383. The van der Waals surface area contributed by atoms with Crippen molar-refractivity contribution >= 4 is 43.7 Å². The van der Waals surface area contributed by atoms with E-state index >= 15 is 0 Å². The largest absolute Gasteiger partial charge is 0.352 e. The Kier molecular flexibility index (Phi) is 8.37. The Morgan fingerprint density at radius 2 is 1.57 bits per heavy atom. The van der Waals surface area contributed by atoms with Crippen LogP contribution in [0.5, 0.6) is 0 Å². The van der Waals surface area contributed by atoms with Crippen LogP contribution in [-0.2, 0) is 32.6 Å². The highest BCUT2D eigenvalue weighted by Gasteiger charge is 2.43. The molecule has 5 rings (SSSR count). The zero-order chi connectivity index (χ0) is 28.3. The van der Waals surface area contributed by atoms with Crippen LogP contribution in [0, 0.1) is 0 Å². The fourth-order valence-electron chi connectivity index (χ4n) is 5.31. The predicted molar refractivity (Wildman–Crippen MR) is 154 cm³/mol. The van der Waals surface area contributed by atoms with Gasteiger partial charge in [-0.15, -0.1) is 0 Å². The van der Waals surface area contributed by atoms with Crippen molar-refractivity contribution in [3.63, 3.8) is 0 Å². The second-order valence-electron chi connectivity index (χ2n) is 10.2. The third-order valence-electron chi connectivity index (χ3n) is 7.43. The fourth-order valence-corrected chi connectivity index (χ4v) is 7.09. The standard InChI is InChI=1S/C30H30BrN3O5S/c31-23-16-14-22(15-17-23)19-33(28(35)20-34-30(37)25-12-6-7-13-27(25)40(34,38)39)26(18-21-8-2-1-3-9-21)29(36)32-24-10-4-5-11-24/h1-3,6-9,12-17,24,26H,4-5,10-11,18-20H2,(H,32,36). The molecule has 3 amide bonds. The lowest BCUT2D eigenvalue weighted by Crippen LogP contribution is -2.54. The van der Waals surface area contributed by atoms with Gasteiger partial charge in [0.2, 0.25) is 11.8 Å². The molecule has 1 saturated carbocycles. The number of halogens is 1. The van der Waals surface area contributed by atoms with E-state index in [1.54, 1.807) is 6.07 Å². The Morgan fingerprint density at radius 1 is 0.925 bits per heavy atom. The third-order valence-corrected chi connectivity index (χ3v) is 9.75. The van der Waals surface area contributed by atoms with E-state index in [9.17, 15) is 22.8 Å². The highest BCUT2D eigenvalue weighted by molar-refractivity contribution is 9.10. The molecule has 10 heteroatoms. The normalized spacial score (nSPS) is 16.9. The van der Waals surface area contributed by atoms with Gasteiger partial charge in [-0.1, -0.05) is 83.4 Å². The van der Waals surface area contributed by atoms with Crippen molar-refractivity contribution in [2.75, 3.05) is 6.54 Å². The number of fused-ring (bicyclic) bond motifs is 1. The Bertz CT molecular complexity index is 1510. The van der Waals surface area contributed by atoms with Crippen molar-refractivity contribution in [2.45, 2.75) is 55.6 Å². The van der Waals surface area contributed by atoms with Gasteiger partial charge in [0.15, 0.2) is 0 Å². The topological polar surface area (TPSA) is 104 Å². The Morgan fingerprint density at radius 3 is 2.25 bits per heavy atom. The molecule has 3 aromatic rings. The van der Waals surface area contributed by atoms with Gasteiger partial charge in [-0.25, -0.2) is 12.7 Å². The summed E-state index contributed by atoms with van der Waals surface area (Å²) in [7, 11) is -4.20. The summed E-state index contributed by atoms with van der Waals surface area (Å²) in [5.74, 6) is -1.67. The van der Waals surface area contributed by atoms with Gasteiger partial charge in [0, 0.05) is 23.5 Å². The first-order valence-electron chi connectivity index (χ1n) is 13.3. The molecular weight excluding hydrogens is 594 g/mol. The lowest BCUT2D eigenvalue weighted by Gasteiger charge is -2.33. The number of benzene rings is 3. The van der Waals surface area contributed by atoms with Crippen molar-refractivity contribution in [2.24, 2.45) is 0 Å². The summed E-state index contributed by atoms with van der Waals surface area (Å²) in [6, 6.07) is 21.8. The molecule has 1 aliphatic carbocycles. The van der Waals surface area contributed by atoms with E-state index in [4.69, 9.17) is 0 Å². The third kappa shape index (κ3) is 5.97. The summed E-state index contributed by atoms with van der Waals surface area (Å²) in [6.07, 6.45) is 4.06. The molecule has 0 bridgehead atoms. The van der Waals surface area contributed by atoms with Crippen LogP contribution in [0.3, 0.4) is 0 Å². The lowest BCUT2D eigenvalue weighted by molar-refractivity contribution is -0.141. The van der Waals surface area contributed by atoms with E-state index in [1.165, 1.54) is 23.1 Å². The average molecular weight is 625 g/mol. The molecule has 2 aliphatic rings. The molecule has 3 aromatic carbocycles. The molecular formula is C30H30BrN3O5S. The first kappa shape index (κ1) is 28.0. The van der Waals surface area contributed by atoms with Gasteiger partial charge in [0.05, 0.1) is 5.56 Å². The Balaban J connectivity index is 1.49. The van der Waals surface area contributed by atoms with Gasteiger partial charge >= 0.3 is 0 Å².